The van der Waals surface area contributed by atoms with Crippen LogP contribution in [-0.4, -0.2) is 45.0 Å². The summed E-state index contributed by atoms with van der Waals surface area (Å²) in [5, 5.41) is 7.53. The quantitative estimate of drug-likeness (QED) is 0.103. The lowest BCUT2D eigenvalue weighted by Crippen LogP contribution is -2.34. The Balaban J connectivity index is 1.40. The van der Waals surface area contributed by atoms with Gasteiger partial charge in [-0.2, -0.15) is 31.4 Å². The Bertz CT molecular complexity index is 1780. The zero-order chi connectivity index (χ0) is 33.9. The van der Waals surface area contributed by atoms with Gasteiger partial charge >= 0.3 is 12.4 Å². The second-order valence-electron chi connectivity index (χ2n) is 12.2. The Morgan fingerprint density at radius 1 is 0.957 bits per heavy atom. The van der Waals surface area contributed by atoms with Crippen molar-refractivity contribution in [2.45, 2.75) is 77.1 Å². The molecule has 1 atom stereocenters. The first kappa shape index (κ1) is 34.8. The van der Waals surface area contributed by atoms with Gasteiger partial charge < -0.3 is 14.6 Å². The summed E-state index contributed by atoms with van der Waals surface area (Å²) >= 11 is 0. The molecule has 46 heavy (non-hydrogen) atoms. The molecule has 16 heteroatoms. The second kappa shape index (κ2) is 13.7. The first-order valence-corrected chi connectivity index (χ1v) is 18.2. The van der Waals surface area contributed by atoms with Gasteiger partial charge in [-0.15, -0.1) is 0 Å². The minimum atomic E-state index is -4.92. The highest BCUT2D eigenvalue weighted by molar-refractivity contribution is 6.76. The smallest absolute Gasteiger partial charge is 0.381 e. The lowest BCUT2D eigenvalue weighted by molar-refractivity contribution is -0.139. The molecule has 0 saturated carbocycles. The molecule has 4 rings (SSSR count). The van der Waals surface area contributed by atoms with Crippen molar-refractivity contribution in [3.05, 3.63) is 80.9 Å². The van der Waals surface area contributed by atoms with Crippen LogP contribution in [0.4, 0.5) is 32.0 Å². The van der Waals surface area contributed by atoms with Crippen LogP contribution in [0.5, 0.6) is 0 Å². The Labute approximate surface area is 261 Å². The van der Waals surface area contributed by atoms with Gasteiger partial charge in [-0.3, -0.25) is 9.59 Å². The summed E-state index contributed by atoms with van der Waals surface area (Å²) in [6.45, 7) is 8.27. The van der Waals surface area contributed by atoms with E-state index in [1.807, 2.05) is 0 Å². The van der Waals surface area contributed by atoms with Crippen molar-refractivity contribution in [1.82, 2.24) is 24.3 Å². The molecule has 0 unspecified atom stereocenters. The predicted octanol–water partition coefficient (Wildman–Crippen LogP) is 6.65. The van der Waals surface area contributed by atoms with E-state index in [9.17, 15) is 35.9 Å². The van der Waals surface area contributed by atoms with E-state index in [0.29, 0.717) is 52.9 Å². The van der Waals surface area contributed by atoms with E-state index in [1.54, 1.807) is 37.4 Å². The van der Waals surface area contributed by atoms with E-state index in [0.717, 1.165) is 12.2 Å². The third-order valence-corrected chi connectivity index (χ3v) is 8.89. The number of aryl methyl sites for hydroxylation is 1. The number of benzene rings is 1. The van der Waals surface area contributed by atoms with Gasteiger partial charge in [0.2, 0.25) is 0 Å². The first-order valence-electron chi connectivity index (χ1n) is 14.5. The molecule has 0 aliphatic heterocycles. The summed E-state index contributed by atoms with van der Waals surface area (Å²) in [5.41, 5.74) is -3.92. The van der Waals surface area contributed by atoms with Gasteiger partial charge in [-0.1, -0.05) is 25.7 Å². The first-order chi connectivity index (χ1) is 21.4. The SMILES string of the molecule is C[C@@H](CCCn1ccc2cc(-c3ncc(C(F)(F)F)cn3)ccc2c1=O)Nc1cnn(COCC[Si](C)(C)C)c(=O)c1C(F)(F)F. The Morgan fingerprint density at radius 2 is 1.65 bits per heavy atom. The Hall–Kier alpha value is -4.05. The molecule has 0 bridgehead atoms. The molecule has 0 spiro atoms. The van der Waals surface area contributed by atoms with Crippen LogP contribution >= 0.6 is 0 Å². The van der Waals surface area contributed by atoms with Gasteiger partial charge in [0.05, 0.1) is 17.4 Å². The molecule has 0 fully saturated rings. The highest BCUT2D eigenvalue weighted by atomic mass is 28.3. The molecular formula is C30H34F6N6O3Si. The van der Waals surface area contributed by atoms with Crippen molar-refractivity contribution < 1.29 is 31.1 Å². The summed E-state index contributed by atoms with van der Waals surface area (Å²) in [7, 11) is -1.42. The maximum Gasteiger partial charge on any atom is 0.423 e. The lowest BCUT2D eigenvalue weighted by Gasteiger charge is -2.20. The predicted molar refractivity (Wildman–Crippen MR) is 164 cm³/mol. The zero-order valence-electron chi connectivity index (χ0n) is 25.7. The molecule has 1 aromatic carbocycles. The van der Waals surface area contributed by atoms with Gasteiger partial charge in [-0.25, -0.2) is 14.6 Å². The summed E-state index contributed by atoms with van der Waals surface area (Å²) in [5.74, 6) is 0.0765. The van der Waals surface area contributed by atoms with Crippen molar-refractivity contribution in [1.29, 1.82) is 0 Å². The van der Waals surface area contributed by atoms with Gasteiger partial charge in [-0.05, 0) is 49.4 Å². The lowest BCUT2D eigenvalue weighted by atomic mass is 10.1. The molecule has 9 nitrogen and oxygen atoms in total. The minimum Gasteiger partial charge on any atom is -0.381 e. The Morgan fingerprint density at radius 3 is 2.28 bits per heavy atom. The highest BCUT2D eigenvalue weighted by Gasteiger charge is 2.38. The van der Waals surface area contributed by atoms with Crippen LogP contribution in [0.2, 0.25) is 25.7 Å². The molecule has 3 aromatic heterocycles. The van der Waals surface area contributed by atoms with Gasteiger partial charge in [0.25, 0.3) is 11.1 Å². The summed E-state index contributed by atoms with van der Waals surface area (Å²) in [6.07, 6.45) is -4.75. The molecule has 0 saturated heterocycles. The maximum absolute atomic E-state index is 13.9. The fourth-order valence-corrected chi connectivity index (χ4v) is 5.38. The van der Waals surface area contributed by atoms with E-state index in [-0.39, 0.29) is 24.7 Å². The normalized spacial score (nSPS) is 13.3. The molecule has 0 aliphatic carbocycles. The third kappa shape index (κ3) is 8.81. The van der Waals surface area contributed by atoms with Crippen LogP contribution in [0.25, 0.3) is 22.2 Å². The number of halogens is 6. The van der Waals surface area contributed by atoms with Crippen molar-refractivity contribution in [3.63, 3.8) is 0 Å². The van der Waals surface area contributed by atoms with Crippen LogP contribution in [0.15, 0.2) is 58.6 Å². The fourth-order valence-electron chi connectivity index (χ4n) is 4.63. The number of anilines is 1. The molecule has 0 radical (unpaired) electrons. The molecule has 248 valence electrons. The summed E-state index contributed by atoms with van der Waals surface area (Å²) < 4.78 is 87.7. The van der Waals surface area contributed by atoms with Crippen LogP contribution in [0.1, 0.15) is 30.9 Å². The number of nitrogens with one attached hydrogen (secondary N) is 1. The molecule has 4 aromatic rings. The summed E-state index contributed by atoms with van der Waals surface area (Å²) in [6, 6.07) is 6.67. The molecule has 0 aliphatic rings. The largest absolute Gasteiger partial charge is 0.423 e. The van der Waals surface area contributed by atoms with Crippen LogP contribution < -0.4 is 16.4 Å². The monoisotopic (exact) mass is 668 g/mol. The maximum atomic E-state index is 13.9. The van der Waals surface area contributed by atoms with Crippen LogP contribution in [0.3, 0.4) is 0 Å². The molecule has 1 N–H and O–H groups in total. The van der Waals surface area contributed by atoms with E-state index < -0.39 is 48.8 Å². The van der Waals surface area contributed by atoms with E-state index >= 15 is 0 Å². The third-order valence-electron chi connectivity index (χ3n) is 7.19. The number of hydrogen-bond donors (Lipinski definition) is 1. The zero-order valence-corrected chi connectivity index (χ0v) is 26.7. The second-order valence-corrected chi connectivity index (χ2v) is 17.8. The van der Waals surface area contributed by atoms with Gasteiger partial charge in [0, 0.05) is 56.8 Å². The van der Waals surface area contributed by atoms with E-state index in [1.165, 1.54) is 4.57 Å². The van der Waals surface area contributed by atoms with Crippen LogP contribution in [0, 0.1) is 0 Å². The molecule has 0 amide bonds. The number of fused-ring (bicyclic) bond motifs is 1. The highest BCUT2D eigenvalue weighted by Crippen LogP contribution is 2.32. The number of nitrogens with zero attached hydrogens (tertiary/aromatic N) is 5. The van der Waals surface area contributed by atoms with Crippen molar-refractivity contribution in [2.75, 3.05) is 11.9 Å². The number of ether oxygens (including phenoxy) is 1. The fraction of sp³-hybridized carbons (Fsp3) is 0.433. The van der Waals surface area contributed by atoms with Crippen molar-refractivity contribution >= 4 is 24.5 Å². The van der Waals surface area contributed by atoms with Crippen molar-refractivity contribution in [2.24, 2.45) is 0 Å². The minimum absolute atomic E-state index is 0.0765. The number of aromatic nitrogens is 5. The average Bonchev–Trinajstić information content (AvgIpc) is 2.95. The number of hydrogen-bond acceptors (Lipinski definition) is 7. The van der Waals surface area contributed by atoms with Crippen molar-refractivity contribution in [3.8, 4) is 11.4 Å². The van der Waals surface area contributed by atoms with Gasteiger partial charge in [0.1, 0.15) is 12.3 Å². The Kier molecular flexibility index (Phi) is 10.4. The number of alkyl halides is 6. The number of pyridine rings is 1. The van der Waals surface area contributed by atoms with Gasteiger partial charge in [0.15, 0.2) is 5.82 Å². The topological polar surface area (TPSA) is 104 Å². The van der Waals surface area contributed by atoms with E-state index in [2.05, 4.69) is 40.0 Å². The summed E-state index contributed by atoms with van der Waals surface area (Å²) in [4.78, 5) is 33.3. The molecule has 3 heterocycles. The standard InChI is InChI=1S/C30H34F6N6O3Si/c1-19(40-24-17-39-42(18-45-12-13-46(2,3)4)28(44)25(24)30(34,35)36)6-5-10-41-11-9-20-14-21(7-8-23(20)27(41)43)26-37-15-22(16-38-26)29(31,32)33/h7-9,11,14-17,19,40H,5-6,10,12-13,18H2,1-4H3/t19-/m0/s1. The van der Waals surface area contributed by atoms with E-state index in [4.69, 9.17) is 4.74 Å². The average molecular weight is 669 g/mol. The molecular weight excluding hydrogens is 634 g/mol. The number of rotatable bonds is 12. The van der Waals surface area contributed by atoms with Crippen LogP contribution in [-0.2, 0) is 30.4 Å².